The number of thioether (sulfide) groups is 1. The minimum absolute atomic E-state index is 0.0562. The Morgan fingerprint density at radius 3 is 2.57 bits per heavy atom. The van der Waals surface area contributed by atoms with Gasteiger partial charge in [0, 0.05) is 41.6 Å². The van der Waals surface area contributed by atoms with E-state index in [1.54, 1.807) is 31.0 Å². The molecule has 0 spiro atoms. The summed E-state index contributed by atoms with van der Waals surface area (Å²) in [7, 11) is 3.02. The third-order valence-electron chi connectivity index (χ3n) is 3.92. The molecule has 0 N–H and O–H groups in total. The Morgan fingerprint density at radius 2 is 1.83 bits per heavy atom. The van der Waals surface area contributed by atoms with E-state index in [0.29, 0.717) is 16.7 Å². The molecule has 0 unspecified atom stereocenters. The third-order valence-corrected chi connectivity index (χ3v) is 5.14. The molecule has 2 aromatic rings. The highest BCUT2D eigenvalue weighted by molar-refractivity contribution is 8.00. The van der Waals surface area contributed by atoms with Crippen molar-refractivity contribution in [1.29, 1.82) is 0 Å². The number of nitrogens with zero attached hydrogens (tertiary/aromatic N) is 2. The average Bonchev–Trinajstić information content (AvgIpc) is 2.54. The maximum atomic E-state index is 12.7. The highest BCUT2D eigenvalue weighted by atomic mass is 32.2. The molecule has 5 nitrogen and oxygen atoms in total. The van der Waals surface area contributed by atoms with Crippen LogP contribution in [0.2, 0.25) is 0 Å². The second kappa shape index (κ2) is 5.70. The van der Waals surface area contributed by atoms with Crippen LogP contribution in [0.5, 0.6) is 0 Å². The van der Waals surface area contributed by atoms with Crippen LogP contribution >= 0.6 is 11.8 Å². The van der Waals surface area contributed by atoms with Crippen LogP contribution < -0.4 is 11.2 Å². The van der Waals surface area contributed by atoms with E-state index < -0.39 is 5.56 Å². The minimum atomic E-state index is -0.399. The zero-order valence-electron chi connectivity index (χ0n) is 13.1. The summed E-state index contributed by atoms with van der Waals surface area (Å²) in [5.74, 6) is -0.0669. The van der Waals surface area contributed by atoms with Crippen molar-refractivity contribution in [1.82, 2.24) is 9.13 Å². The van der Waals surface area contributed by atoms with Crippen LogP contribution in [0.3, 0.4) is 0 Å². The number of carbonyl (C=O) groups excluding carboxylic acids is 1. The topological polar surface area (TPSA) is 61.1 Å². The first kappa shape index (κ1) is 15.6. The molecule has 6 heteroatoms. The van der Waals surface area contributed by atoms with Crippen molar-refractivity contribution in [2.75, 3.05) is 0 Å². The fourth-order valence-corrected chi connectivity index (χ4v) is 3.76. The van der Waals surface area contributed by atoms with Crippen molar-refractivity contribution < 1.29 is 4.79 Å². The van der Waals surface area contributed by atoms with Crippen LogP contribution in [0.4, 0.5) is 0 Å². The van der Waals surface area contributed by atoms with Crippen LogP contribution in [0, 0.1) is 0 Å². The van der Waals surface area contributed by atoms with Crippen LogP contribution in [-0.4, -0.2) is 20.2 Å². The highest BCUT2D eigenvalue weighted by Crippen LogP contribution is 2.38. The number of aryl methyl sites for hydroxylation is 1. The molecule has 0 saturated heterocycles. The molecule has 1 atom stereocenters. The first-order chi connectivity index (χ1) is 10.9. The maximum absolute atomic E-state index is 12.7. The molecule has 0 amide bonds. The Morgan fingerprint density at radius 1 is 1.13 bits per heavy atom. The van der Waals surface area contributed by atoms with Crippen molar-refractivity contribution in [3.8, 4) is 0 Å². The van der Waals surface area contributed by atoms with Gasteiger partial charge in [-0.25, -0.2) is 4.79 Å². The number of benzene rings is 1. The summed E-state index contributed by atoms with van der Waals surface area (Å²) in [5, 5.41) is -0.0562. The van der Waals surface area contributed by atoms with Crippen LogP contribution in [0.15, 0.2) is 50.5 Å². The zero-order chi connectivity index (χ0) is 16.7. The molecule has 0 aliphatic carbocycles. The molecule has 0 radical (unpaired) electrons. The fourth-order valence-electron chi connectivity index (χ4n) is 2.64. The van der Waals surface area contributed by atoms with Crippen molar-refractivity contribution >= 4 is 23.6 Å². The van der Waals surface area contributed by atoms with Gasteiger partial charge in [0.25, 0.3) is 5.56 Å². The van der Waals surface area contributed by atoms with Gasteiger partial charge in [0.05, 0.1) is 5.56 Å². The molecule has 1 aliphatic rings. The molecule has 1 aromatic carbocycles. The van der Waals surface area contributed by atoms with E-state index >= 15 is 0 Å². The van der Waals surface area contributed by atoms with Gasteiger partial charge in [-0.05, 0) is 25.1 Å². The minimum Gasteiger partial charge on any atom is -0.303 e. The lowest BCUT2D eigenvalue weighted by molar-refractivity contribution is 0.102. The lowest BCUT2D eigenvalue weighted by Gasteiger charge is -2.23. The van der Waals surface area contributed by atoms with Gasteiger partial charge in [-0.2, -0.15) is 0 Å². The van der Waals surface area contributed by atoms with Gasteiger partial charge in [-0.15, -0.1) is 11.8 Å². The van der Waals surface area contributed by atoms with E-state index in [2.05, 4.69) is 0 Å². The normalized spacial score (nSPS) is 19.0. The summed E-state index contributed by atoms with van der Waals surface area (Å²) in [6.45, 7) is 1.94. The third kappa shape index (κ3) is 2.59. The monoisotopic (exact) mass is 328 g/mol. The molecule has 1 aliphatic heterocycles. The zero-order valence-corrected chi connectivity index (χ0v) is 13.9. The Labute approximate surface area is 137 Å². The highest BCUT2D eigenvalue weighted by Gasteiger charge is 2.28. The van der Waals surface area contributed by atoms with Crippen molar-refractivity contribution in [3.05, 3.63) is 68.0 Å². The summed E-state index contributed by atoms with van der Waals surface area (Å²) in [6, 6.07) is 7.46. The largest absolute Gasteiger partial charge is 0.330 e. The van der Waals surface area contributed by atoms with Crippen molar-refractivity contribution in [2.45, 2.75) is 17.1 Å². The number of rotatable bonds is 1. The first-order valence-corrected chi connectivity index (χ1v) is 8.06. The van der Waals surface area contributed by atoms with Gasteiger partial charge in [-0.3, -0.25) is 14.2 Å². The summed E-state index contributed by atoms with van der Waals surface area (Å²) in [5.41, 5.74) is 0.780. The fraction of sp³-hybridized carbons (Fsp3) is 0.235. The summed E-state index contributed by atoms with van der Waals surface area (Å²) in [4.78, 5) is 37.7. The molecule has 1 aromatic heterocycles. The van der Waals surface area contributed by atoms with Gasteiger partial charge in [0.1, 0.15) is 0 Å². The van der Waals surface area contributed by atoms with Gasteiger partial charge in [0.15, 0.2) is 5.78 Å². The lowest BCUT2D eigenvalue weighted by Crippen LogP contribution is -2.37. The van der Waals surface area contributed by atoms with E-state index in [-0.39, 0.29) is 16.7 Å². The summed E-state index contributed by atoms with van der Waals surface area (Å²) < 4.78 is 2.39. The quantitative estimate of drug-likeness (QED) is 0.750. The molecule has 0 saturated carbocycles. The van der Waals surface area contributed by atoms with E-state index in [4.69, 9.17) is 0 Å². The summed E-state index contributed by atoms with van der Waals surface area (Å²) in [6.07, 6.45) is 3.08. The van der Waals surface area contributed by atoms with Gasteiger partial charge in [-0.1, -0.05) is 12.1 Å². The smallest absolute Gasteiger partial charge is 0.303 e. The second-order valence-corrected chi connectivity index (χ2v) is 6.91. The molecule has 2 heterocycles. The molecule has 118 valence electrons. The van der Waals surface area contributed by atoms with Gasteiger partial charge in [0.2, 0.25) is 0 Å². The number of hydrogen-bond donors (Lipinski definition) is 0. The summed E-state index contributed by atoms with van der Waals surface area (Å²) >= 11 is 1.59. The van der Waals surface area contributed by atoms with E-state index in [9.17, 15) is 14.4 Å². The molecular weight excluding hydrogens is 312 g/mol. The molecular formula is C17H16N2O3S. The maximum Gasteiger partial charge on any atom is 0.330 e. The lowest BCUT2D eigenvalue weighted by atomic mass is 9.98. The van der Waals surface area contributed by atoms with Crippen LogP contribution in [0.25, 0.3) is 6.08 Å². The molecule has 23 heavy (non-hydrogen) atoms. The molecule has 0 fully saturated rings. The predicted molar refractivity (Wildman–Crippen MR) is 91.0 cm³/mol. The van der Waals surface area contributed by atoms with Crippen LogP contribution in [0.1, 0.15) is 22.8 Å². The number of hydrogen-bond acceptors (Lipinski definition) is 4. The number of carbonyl (C=O) groups is 1. The van der Waals surface area contributed by atoms with Gasteiger partial charge >= 0.3 is 5.69 Å². The second-order valence-electron chi connectivity index (χ2n) is 5.53. The van der Waals surface area contributed by atoms with Gasteiger partial charge < -0.3 is 4.57 Å². The Kier molecular flexibility index (Phi) is 3.85. The average molecular weight is 328 g/mol. The first-order valence-electron chi connectivity index (χ1n) is 7.19. The van der Waals surface area contributed by atoms with E-state index in [1.807, 2.05) is 25.1 Å². The predicted octanol–water partition coefficient (Wildman–Crippen LogP) is 1.84. The SMILES string of the molecule is C[C@H]1Sc2ccccc2C(=O)/C1=C\c1cn(C)c(=O)n(C)c1=O. The Balaban J connectivity index is 2.16. The number of fused-ring (bicyclic) bond motifs is 1. The number of Topliss-reactive ketones (excluding diaryl/α,β-unsaturated/α-hetero) is 1. The molecule has 3 rings (SSSR count). The standard InChI is InChI=1S/C17H16N2O3S/c1-10-13(15(20)12-6-4-5-7-14(12)23-10)8-11-9-18(2)17(22)19(3)16(11)21/h4-10H,1-3H3/b13-8-/t10-/m1/s1. The number of aromatic nitrogens is 2. The van der Waals surface area contributed by atoms with E-state index in [1.165, 1.54) is 17.8 Å². The van der Waals surface area contributed by atoms with Crippen molar-refractivity contribution in [2.24, 2.45) is 14.1 Å². The Bertz CT molecular complexity index is 953. The van der Waals surface area contributed by atoms with E-state index in [0.717, 1.165) is 9.46 Å². The van der Waals surface area contributed by atoms with Crippen molar-refractivity contribution in [3.63, 3.8) is 0 Å². The number of ketones is 1. The Hall–Kier alpha value is -2.34. The molecule has 0 bridgehead atoms. The van der Waals surface area contributed by atoms with Crippen LogP contribution in [-0.2, 0) is 14.1 Å².